The standard InChI is InChI=1S/C12H12N2O3/c1-8(12(16)17)11(15)14-7-10-4-2-3-9(5-10)6-13/h2-5,8H,7H2,1H3,(H,14,15)(H,16,17). The molecule has 0 radical (unpaired) electrons. The van der Waals surface area contributed by atoms with Gasteiger partial charge in [0.1, 0.15) is 5.92 Å². The first kappa shape index (κ1) is 12.7. The van der Waals surface area contributed by atoms with Crippen molar-refractivity contribution < 1.29 is 14.7 Å². The van der Waals surface area contributed by atoms with Gasteiger partial charge in [0.05, 0.1) is 11.6 Å². The van der Waals surface area contributed by atoms with E-state index >= 15 is 0 Å². The van der Waals surface area contributed by atoms with Crippen LogP contribution in [0.4, 0.5) is 0 Å². The molecule has 1 rings (SSSR count). The van der Waals surface area contributed by atoms with Crippen molar-refractivity contribution in [2.75, 3.05) is 0 Å². The van der Waals surface area contributed by atoms with Gasteiger partial charge in [-0.2, -0.15) is 5.26 Å². The van der Waals surface area contributed by atoms with Gasteiger partial charge in [0.2, 0.25) is 5.91 Å². The number of carboxylic acids is 1. The fraction of sp³-hybridized carbons (Fsp3) is 0.250. The first-order valence-electron chi connectivity index (χ1n) is 5.04. The van der Waals surface area contributed by atoms with Crippen LogP contribution in [0.3, 0.4) is 0 Å². The summed E-state index contributed by atoms with van der Waals surface area (Å²) in [4.78, 5) is 21.9. The van der Waals surface area contributed by atoms with E-state index in [2.05, 4.69) is 5.32 Å². The highest BCUT2D eigenvalue weighted by Crippen LogP contribution is 2.04. The van der Waals surface area contributed by atoms with Crippen LogP contribution in [0.5, 0.6) is 0 Å². The lowest BCUT2D eigenvalue weighted by Gasteiger charge is -2.08. The maximum atomic E-state index is 11.4. The number of carboxylic acid groups (broad SMARTS) is 1. The number of nitrogens with one attached hydrogen (secondary N) is 1. The average molecular weight is 232 g/mol. The maximum Gasteiger partial charge on any atom is 0.315 e. The molecule has 1 unspecified atom stereocenters. The number of nitriles is 1. The molecule has 0 fully saturated rings. The Labute approximate surface area is 98.7 Å². The van der Waals surface area contributed by atoms with Crippen LogP contribution >= 0.6 is 0 Å². The number of carbonyl (C=O) groups is 2. The number of hydrogen-bond acceptors (Lipinski definition) is 3. The van der Waals surface area contributed by atoms with Crippen LogP contribution in [0, 0.1) is 17.2 Å². The van der Waals surface area contributed by atoms with Crippen LogP contribution in [0.15, 0.2) is 24.3 Å². The van der Waals surface area contributed by atoms with Crippen molar-refractivity contribution in [3.63, 3.8) is 0 Å². The SMILES string of the molecule is CC(C(=O)O)C(=O)NCc1cccc(C#N)c1. The second kappa shape index (κ2) is 5.66. The van der Waals surface area contributed by atoms with Gasteiger partial charge in [-0.3, -0.25) is 9.59 Å². The summed E-state index contributed by atoms with van der Waals surface area (Å²) in [7, 11) is 0. The Morgan fingerprint density at radius 2 is 2.24 bits per heavy atom. The largest absolute Gasteiger partial charge is 0.481 e. The van der Waals surface area contributed by atoms with Gasteiger partial charge in [-0.1, -0.05) is 12.1 Å². The van der Waals surface area contributed by atoms with Crippen LogP contribution in [0.25, 0.3) is 0 Å². The van der Waals surface area contributed by atoms with Crippen LogP contribution < -0.4 is 5.32 Å². The molecule has 0 bridgehead atoms. The summed E-state index contributed by atoms with van der Waals surface area (Å²) >= 11 is 0. The molecule has 17 heavy (non-hydrogen) atoms. The fourth-order valence-corrected chi connectivity index (χ4v) is 1.21. The molecule has 0 aliphatic rings. The molecule has 0 saturated heterocycles. The Kier molecular flexibility index (Phi) is 4.23. The lowest BCUT2D eigenvalue weighted by molar-refractivity contribution is -0.146. The third-order valence-electron chi connectivity index (χ3n) is 2.29. The molecule has 0 heterocycles. The van der Waals surface area contributed by atoms with Gasteiger partial charge in [0, 0.05) is 6.54 Å². The van der Waals surface area contributed by atoms with Crippen molar-refractivity contribution in [2.24, 2.45) is 5.92 Å². The first-order valence-corrected chi connectivity index (χ1v) is 5.04. The van der Waals surface area contributed by atoms with E-state index in [1.165, 1.54) is 6.92 Å². The van der Waals surface area contributed by atoms with E-state index in [4.69, 9.17) is 10.4 Å². The maximum absolute atomic E-state index is 11.4. The predicted molar refractivity (Wildman–Crippen MR) is 59.8 cm³/mol. The minimum atomic E-state index is -1.16. The minimum absolute atomic E-state index is 0.214. The van der Waals surface area contributed by atoms with Gasteiger partial charge < -0.3 is 10.4 Å². The zero-order chi connectivity index (χ0) is 12.8. The average Bonchev–Trinajstić information content (AvgIpc) is 2.35. The van der Waals surface area contributed by atoms with E-state index in [0.29, 0.717) is 5.56 Å². The molecule has 0 spiro atoms. The van der Waals surface area contributed by atoms with E-state index in [-0.39, 0.29) is 6.54 Å². The van der Waals surface area contributed by atoms with Gasteiger partial charge in [-0.15, -0.1) is 0 Å². The van der Waals surface area contributed by atoms with Crippen LogP contribution in [-0.4, -0.2) is 17.0 Å². The zero-order valence-electron chi connectivity index (χ0n) is 9.30. The van der Waals surface area contributed by atoms with Crippen molar-refractivity contribution in [3.05, 3.63) is 35.4 Å². The fourth-order valence-electron chi connectivity index (χ4n) is 1.21. The van der Waals surface area contributed by atoms with Crippen molar-refractivity contribution in [2.45, 2.75) is 13.5 Å². The Balaban J connectivity index is 2.59. The van der Waals surface area contributed by atoms with Crippen LogP contribution in [-0.2, 0) is 16.1 Å². The number of hydrogen-bond donors (Lipinski definition) is 2. The summed E-state index contributed by atoms with van der Waals surface area (Å²) in [5, 5.41) is 19.8. The quantitative estimate of drug-likeness (QED) is 0.754. The molecule has 88 valence electrons. The summed E-state index contributed by atoms with van der Waals surface area (Å²) < 4.78 is 0. The van der Waals surface area contributed by atoms with Gasteiger partial charge in [-0.25, -0.2) is 0 Å². The normalized spacial score (nSPS) is 11.3. The summed E-state index contributed by atoms with van der Waals surface area (Å²) in [6.07, 6.45) is 0. The Bertz CT molecular complexity index is 477. The number of nitrogens with zero attached hydrogens (tertiary/aromatic N) is 1. The molecule has 2 N–H and O–H groups in total. The van der Waals surface area contributed by atoms with E-state index < -0.39 is 17.8 Å². The summed E-state index contributed by atoms with van der Waals surface area (Å²) in [5.74, 6) is -2.78. The van der Waals surface area contributed by atoms with E-state index in [0.717, 1.165) is 5.56 Å². The van der Waals surface area contributed by atoms with Gasteiger partial charge in [0.15, 0.2) is 0 Å². The van der Waals surface area contributed by atoms with Crippen molar-refractivity contribution in [1.82, 2.24) is 5.32 Å². The number of amides is 1. The first-order chi connectivity index (χ1) is 8.04. The highest BCUT2D eigenvalue weighted by atomic mass is 16.4. The molecule has 0 aromatic heterocycles. The Morgan fingerprint density at radius 3 is 2.82 bits per heavy atom. The lowest BCUT2D eigenvalue weighted by atomic mass is 10.1. The number of rotatable bonds is 4. The monoisotopic (exact) mass is 232 g/mol. The number of aliphatic carboxylic acids is 1. The highest BCUT2D eigenvalue weighted by molar-refractivity contribution is 5.96. The molecule has 5 heteroatoms. The molecule has 1 aromatic rings. The van der Waals surface area contributed by atoms with E-state index in [1.807, 2.05) is 6.07 Å². The molecule has 0 aliphatic carbocycles. The lowest BCUT2D eigenvalue weighted by Crippen LogP contribution is -2.33. The molecule has 1 aromatic carbocycles. The number of carbonyl (C=O) groups excluding carboxylic acids is 1. The van der Waals surface area contributed by atoms with Gasteiger partial charge in [-0.05, 0) is 24.6 Å². The zero-order valence-corrected chi connectivity index (χ0v) is 9.30. The van der Waals surface area contributed by atoms with Crippen molar-refractivity contribution in [3.8, 4) is 6.07 Å². The van der Waals surface area contributed by atoms with E-state index in [9.17, 15) is 9.59 Å². The second-order valence-corrected chi connectivity index (χ2v) is 3.59. The molecular formula is C12H12N2O3. The van der Waals surface area contributed by atoms with E-state index in [1.54, 1.807) is 24.3 Å². The predicted octanol–water partition coefficient (Wildman–Crippen LogP) is 0.895. The Morgan fingerprint density at radius 1 is 1.53 bits per heavy atom. The summed E-state index contributed by atoms with van der Waals surface area (Å²) in [6.45, 7) is 1.54. The molecule has 1 amide bonds. The molecule has 0 aliphatic heterocycles. The third kappa shape index (κ3) is 3.61. The van der Waals surface area contributed by atoms with Gasteiger partial charge >= 0.3 is 5.97 Å². The molecule has 1 atom stereocenters. The minimum Gasteiger partial charge on any atom is -0.481 e. The second-order valence-electron chi connectivity index (χ2n) is 3.59. The third-order valence-corrected chi connectivity index (χ3v) is 2.29. The number of benzene rings is 1. The van der Waals surface area contributed by atoms with Crippen LogP contribution in [0.1, 0.15) is 18.1 Å². The van der Waals surface area contributed by atoms with Crippen LogP contribution in [0.2, 0.25) is 0 Å². The molecule has 5 nitrogen and oxygen atoms in total. The van der Waals surface area contributed by atoms with Gasteiger partial charge in [0.25, 0.3) is 0 Å². The molecule has 0 saturated carbocycles. The Hall–Kier alpha value is -2.35. The molecular weight excluding hydrogens is 220 g/mol. The van der Waals surface area contributed by atoms with Crippen molar-refractivity contribution >= 4 is 11.9 Å². The summed E-state index contributed by atoms with van der Waals surface area (Å²) in [6, 6.07) is 8.76. The topological polar surface area (TPSA) is 90.2 Å². The highest BCUT2D eigenvalue weighted by Gasteiger charge is 2.19. The van der Waals surface area contributed by atoms with Crippen molar-refractivity contribution in [1.29, 1.82) is 5.26 Å². The smallest absolute Gasteiger partial charge is 0.315 e. The summed E-state index contributed by atoms with van der Waals surface area (Å²) in [5.41, 5.74) is 1.26.